The second-order valence-corrected chi connectivity index (χ2v) is 8.29. The van der Waals surface area contributed by atoms with Gasteiger partial charge >= 0.3 is 0 Å². The van der Waals surface area contributed by atoms with Crippen molar-refractivity contribution < 1.29 is 0 Å². The highest BCUT2D eigenvalue weighted by Crippen LogP contribution is 2.17. The summed E-state index contributed by atoms with van der Waals surface area (Å²) in [6.07, 6.45) is 1.82. The molecule has 0 unspecified atom stereocenters. The summed E-state index contributed by atoms with van der Waals surface area (Å²) in [6.45, 7) is 18.4. The summed E-state index contributed by atoms with van der Waals surface area (Å²) in [5, 5.41) is 6.57. The molecule has 5 aromatic carbocycles. The predicted molar refractivity (Wildman–Crippen MR) is 178 cm³/mol. The fraction of sp³-hybridized carbons (Fsp3) is 0.237. The molecule has 1 heterocycles. The van der Waals surface area contributed by atoms with Crippen LogP contribution in [-0.4, -0.2) is 4.98 Å². The molecule has 0 radical (unpaired) electrons. The van der Waals surface area contributed by atoms with E-state index in [2.05, 4.69) is 123 Å². The minimum atomic E-state index is 1.08. The molecule has 0 N–H and O–H groups in total. The van der Waals surface area contributed by atoms with Crippen LogP contribution in [-0.2, 0) is 0 Å². The van der Waals surface area contributed by atoms with Gasteiger partial charge in [0.15, 0.2) is 0 Å². The molecule has 0 atom stereocenters. The van der Waals surface area contributed by atoms with Gasteiger partial charge in [0, 0.05) is 11.6 Å². The Balaban J connectivity index is 0.000000267. The topological polar surface area (TPSA) is 12.9 Å². The average molecular weight is 518 g/mol. The van der Waals surface area contributed by atoms with Gasteiger partial charge < -0.3 is 0 Å². The number of fused-ring (bicyclic) bond motifs is 3. The Hall–Kier alpha value is -3.97. The number of aryl methyl sites for hydroxylation is 3. The molecule has 204 valence electrons. The molecule has 39 heavy (non-hydrogen) atoms. The monoisotopic (exact) mass is 517 g/mol. The fourth-order valence-electron chi connectivity index (χ4n) is 3.95. The van der Waals surface area contributed by atoms with E-state index in [0.717, 1.165) is 5.52 Å². The molecule has 0 aliphatic rings. The lowest BCUT2D eigenvalue weighted by molar-refractivity contribution is 1.39. The lowest BCUT2D eigenvalue weighted by Gasteiger charge is -1.98. The Morgan fingerprint density at radius 2 is 0.923 bits per heavy atom. The van der Waals surface area contributed by atoms with Gasteiger partial charge in [-0.25, -0.2) is 0 Å². The third-order valence-electron chi connectivity index (χ3n) is 5.78. The Labute approximate surface area is 237 Å². The van der Waals surface area contributed by atoms with Gasteiger partial charge in [0.1, 0.15) is 0 Å². The minimum absolute atomic E-state index is 1.08. The third kappa shape index (κ3) is 10.4. The van der Waals surface area contributed by atoms with Crippen LogP contribution in [0, 0.1) is 20.8 Å². The number of hydrogen-bond donors (Lipinski definition) is 0. The summed E-state index contributed by atoms with van der Waals surface area (Å²) in [4.78, 5) is 4.24. The molecule has 0 aliphatic carbocycles. The summed E-state index contributed by atoms with van der Waals surface area (Å²) in [7, 11) is 0. The van der Waals surface area contributed by atoms with Crippen LogP contribution >= 0.6 is 0 Å². The largest absolute Gasteiger partial charge is 0.256 e. The Morgan fingerprint density at radius 3 is 1.56 bits per heavy atom. The highest BCUT2D eigenvalue weighted by molar-refractivity contribution is 5.85. The van der Waals surface area contributed by atoms with E-state index in [9.17, 15) is 0 Å². The number of aromatic nitrogens is 1. The quantitative estimate of drug-likeness (QED) is 0.195. The molecule has 1 heteroatoms. The smallest absolute Gasteiger partial charge is 0.0704 e. The zero-order valence-electron chi connectivity index (χ0n) is 25.5. The van der Waals surface area contributed by atoms with Crippen molar-refractivity contribution in [1.82, 2.24) is 4.98 Å². The fourth-order valence-corrected chi connectivity index (χ4v) is 3.95. The lowest BCUT2D eigenvalue weighted by Crippen LogP contribution is -1.79. The highest BCUT2D eigenvalue weighted by Gasteiger charge is 1.94. The summed E-state index contributed by atoms with van der Waals surface area (Å²) < 4.78 is 0. The molecule has 6 rings (SSSR count). The summed E-state index contributed by atoms with van der Waals surface area (Å²) >= 11 is 0. The van der Waals surface area contributed by atoms with Gasteiger partial charge in [-0.2, -0.15) is 0 Å². The van der Waals surface area contributed by atoms with Crippen LogP contribution in [0.1, 0.15) is 58.2 Å². The van der Waals surface area contributed by atoms with Crippen molar-refractivity contribution in [2.75, 3.05) is 0 Å². The van der Waals surface area contributed by atoms with E-state index in [1.807, 2.05) is 65.9 Å². The van der Waals surface area contributed by atoms with Crippen LogP contribution < -0.4 is 0 Å². The first-order valence-electron chi connectivity index (χ1n) is 14.3. The van der Waals surface area contributed by atoms with Gasteiger partial charge in [-0.15, -0.1) is 0 Å². The van der Waals surface area contributed by atoms with E-state index in [0.29, 0.717) is 0 Å². The van der Waals surface area contributed by atoms with E-state index in [1.54, 1.807) is 0 Å². The Bertz CT molecular complexity index is 1400. The molecule has 0 saturated heterocycles. The number of hydrogen-bond acceptors (Lipinski definition) is 1. The molecular weight excluding hydrogens is 470 g/mol. The van der Waals surface area contributed by atoms with Gasteiger partial charge in [0.2, 0.25) is 0 Å². The van der Waals surface area contributed by atoms with Crippen molar-refractivity contribution in [2.45, 2.75) is 62.3 Å². The first-order valence-corrected chi connectivity index (χ1v) is 14.3. The SMILES string of the molecule is CC.CC.CC.Cc1ccc2ccccc2c1.Cc1cccc2ccccc12.Cc1cccc2ncccc12. The number of rotatable bonds is 0. The highest BCUT2D eigenvalue weighted by atomic mass is 14.6. The molecule has 6 aromatic rings. The molecule has 1 nitrogen and oxygen atoms in total. The maximum Gasteiger partial charge on any atom is 0.0704 e. The van der Waals surface area contributed by atoms with Crippen molar-refractivity contribution >= 4 is 32.4 Å². The minimum Gasteiger partial charge on any atom is -0.256 e. The second-order valence-electron chi connectivity index (χ2n) is 8.29. The van der Waals surface area contributed by atoms with Crippen LogP contribution in [0.4, 0.5) is 0 Å². The summed E-state index contributed by atoms with van der Waals surface area (Å²) in [5.74, 6) is 0. The van der Waals surface area contributed by atoms with Crippen LogP contribution in [0.5, 0.6) is 0 Å². The number of benzene rings is 5. The normalized spacial score (nSPS) is 9.15. The molecule has 0 fully saturated rings. The zero-order chi connectivity index (χ0) is 29.0. The average Bonchev–Trinajstić information content (AvgIpc) is 3.01. The summed E-state index contributed by atoms with van der Waals surface area (Å²) in [6, 6.07) is 40.0. The standard InChI is InChI=1S/2C11H10.C10H9N.3C2H6/c1-9-5-4-7-10-6-2-3-8-11(9)10;1-9-6-7-10-4-2-3-5-11(10)8-9;1-8-4-2-6-10-9(8)5-3-7-11-10;3*1-2/h2*2-8H,1H3;2-7H,1H3;3*1-2H3. The van der Waals surface area contributed by atoms with Crippen LogP contribution in [0.25, 0.3) is 32.4 Å². The van der Waals surface area contributed by atoms with Crippen LogP contribution in [0.2, 0.25) is 0 Å². The molecular formula is C38H47N. The van der Waals surface area contributed by atoms with E-state index in [-0.39, 0.29) is 0 Å². The summed E-state index contributed by atoms with van der Waals surface area (Å²) in [5.41, 5.74) is 5.04. The molecule has 0 amide bonds. The maximum absolute atomic E-state index is 4.24. The third-order valence-corrected chi connectivity index (χ3v) is 5.78. The second kappa shape index (κ2) is 19.2. The Morgan fingerprint density at radius 1 is 0.410 bits per heavy atom. The van der Waals surface area contributed by atoms with Crippen molar-refractivity contribution in [3.8, 4) is 0 Å². The van der Waals surface area contributed by atoms with Gasteiger partial charge in [0.25, 0.3) is 0 Å². The molecule has 0 saturated carbocycles. The first-order chi connectivity index (χ1) is 19.1. The molecule has 0 spiro atoms. The van der Waals surface area contributed by atoms with Crippen molar-refractivity contribution in [1.29, 1.82) is 0 Å². The van der Waals surface area contributed by atoms with Gasteiger partial charge in [0.05, 0.1) is 5.52 Å². The number of nitrogens with zero attached hydrogens (tertiary/aromatic N) is 1. The maximum atomic E-state index is 4.24. The van der Waals surface area contributed by atoms with Crippen molar-refractivity contribution in [3.05, 3.63) is 138 Å². The van der Waals surface area contributed by atoms with Crippen LogP contribution in [0.3, 0.4) is 0 Å². The van der Waals surface area contributed by atoms with E-state index in [1.165, 1.54) is 43.6 Å². The molecule has 0 bridgehead atoms. The molecule has 1 aromatic heterocycles. The van der Waals surface area contributed by atoms with Gasteiger partial charge in [-0.1, -0.05) is 150 Å². The first kappa shape index (κ1) is 33.1. The number of pyridine rings is 1. The van der Waals surface area contributed by atoms with E-state index >= 15 is 0 Å². The van der Waals surface area contributed by atoms with Gasteiger partial charge in [-0.05, 0) is 65.6 Å². The van der Waals surface area contributed by atoms with E-state index in [4.69, 9.17) is 0 Å². The predicted octanol–water partition coefficient (Wildman–Crippen LogP) is 11.9. The van der Waals surface area contributed by atoms with Crippen molar-refractivity contribution in [3.63, 3.8) is 0 Å². The van der Waals surface area contributed by atoms with E-state index < -0.39 is 0 Å². The zero-order valence-corrected chi connectivity index (χ0v) is 25.5. The van der Waals surface area contributed by atoms with Crippen LogP contribution in [0.15, 0.2) is 121 Å². The van der Waals surface area contributed by atoms with Gasteiger partial charge in [-0.3, -0.25) is 4.98 Å². The van der Waals surface area contributed by atoms with Crippen molar-refractivity contribution in [2.24, 2.45) is 0 Å². The molecule has 0 aliphatic heterocycles. The Kier molecular flexibility index (Phi) is 16.2. The lowest BCUT2D eigenvalue weighted by atomic mass is 10.1.